The molecular formula is C11H15N3O3. The first-order chi connectivity index (χ1) is 7.99. The maximum Gasteiger partial charge on any atom is 0.363 e. The second-order valence-electron chi connectivity index (χ2n) is 4.65. The molecule has 6 heteroatoms. The van der Waals surface area contributed by atoms with Crippen molar-refractivity contribution in [3.63, 3.8) is 0 Å². The third-order valence-corrected chi connectivity index (χ3v) is 3.04. The Hall–Kier alpha value is -1.69. The lowest BCUT2D eigenvalue weighted by molar-refractivity contribution is -0.389. The molecule has 1 saturated carbocycles. The maximum atomic E-state index is 10.4. The number of pyridine rings is 1. The van der Waals surface area contributed by atoms with E-state index in [1.54, 1.807) is 13.0 Å². The molecule has 1 aliphatic rings. The van der Waals surface area contributed by atoms with Gasteiger partial charge < -0.3 is 20.5 Å². The number of aliphatic hydroxyl groups is 1. The Morgan fingerprint density at radius 2 is 2.35 bits per heavy atom. The van der Waals surface area contributed by atoms with E-state index < -0.39 is 10.5 Å². The fourth-order valence-electron chi connectivity index (χ4n) is 1.73. The minimum absolute atomic E-state index is 0.176. The van der Waals surface area contributed by atoms with Crippen molar-refractivity contribution in [3.05, 3.63) is 28.4 Å². The van der Waals surface area contributed by atoms with Gasteiger partial charge in [0.15, 0.2) is 6.20 Å². The Balaban J connectivity index is 1.92. The van der Waals surface area contributed by atoms with Crippen molar-refractivity contribution >= 4 is 11.5 Å². The molecule has 0 spiro atoms. The summed E-state index contributed by atoms with van der Waals surface area (Å²) in [5.74, 6) is 0.186. The number of hydrogen-bond acceptors (Lipinski definition) is 5. The number of nitrogens with one attached hydrogen (secondary N) is 1. The van der Waals surface area contributed by atoms with E-state index in [1.165, 1.54) is 12.3 Å². The highest BCUT2D eigenvalue weighted by atomic mass is 16.6. The van der Waals surface area contributed by atoms with Gasteiger partial charge in [0.1, 0.15) is 0 Å². The smallest absolute Gasteiger partial charge is 0.363 e. The van der Waals surface area contributed by atoms with Gasteiger partial charge in [-0.05, 0) is 41.7 Å². The fourth-order valence-corrected chi connectivity index (χ4v) is 1.73. The number of rotatable bonds is 5. The molecule has 92 valence electrons. The number of anilines is 1. The third-order valence-electron chi connectivity index (χ3n) is 3.04. The van der Waals surface area contributed by atoms with Crippen LogP contribution in [0.3, 0.4) is 0 Å². The number of hydrogen-bond donors (Lipinski definition) is 2. The molecule has 0 unspecified atom stereocenters. The van der Waals surface area contributed by atoms with Gasteiger partial charge in [0.25, 0.3) is 0 Å². The van der Waals surface area contributed by atoms with E-state index in [-0.39, 0.29) is 5.82 Å². The van der Waals surface area contributed by atoms with Crippen LogP contribution in [0.5, 0.6) is 0 Å². The Kier molecular flexibility index (Phi) is 2.97. The van der Waals surface area contributed by atoms with Crippen LogP contribution in [0, 0.1) is 16.0 Å². The van der Waals surface area contributed by atoms with Crippen LogP contribution in [-0.4, -0.2) is 27.2 Å². The predicted octanol–water partition coefficient (Wildman–Crippen LogP) is 1.56. The summed E-state index contributed by atoms with van der Waals surface area (Å²) in [6, 6.07) is 2.93. The van der Waals surface area contributed by atoms with E-state index in [0.717, 1.165) is 12.8 Å². The molecule has 6 nitrogen and oxygen atoms in total. The average Bonchev–Trinajstić information content (AvgIpc) is 3.11. The molecule has 0 aromatic carbocycles. The van der Waals surface area contributed by atoms with Gasteiger partial charge in [0, 0.05) is 12.6 Å². The first-order valence-electron chi connectivity index (χ1n) is 5.56. The maximum absolute atomic E-state index is 10.4. The molecule has 1 fully saturated rings. The van der Waals surface area contributed by atoms with Crippen molar-refractivity contribution in [1.29, 1.82) is 0 Å². The molecule has 1 aliphatic carbocycles. The van der Waals surface area contributed by atoms with Gasteiger partial charge in [-0.2, -0.15) is 0 Å². The molecule has 0 bridgehead atoms. The standard InChI is InChI=1S/C11H15N3O3/c1-11(15,8-2-3-8)7-13-9-4-5-10(12-6-9)14(16)17/h4-6,8,13,15H,2-3,7H2,1H3/t11-/m0/s1. The molecular weight excluding hydrogens is 222 g/mol. The van der Waals surface area contributed by atoms with E-state index in [4.69, 9.17) is 0 Å². The average molecular weight is 237 g/mol. The summed E-state index contributed by atoms with van der Waals surface area (Å²) in [7, 11) is 0. The second-order valence-corrected chi connectivity index (χ2v) is 4.65. The van der Waals surface area contributed by atoms with Crippen molar-refractivity contribution in [1.82, 2.24) is 4.98 Å². The lowest BCUT2D eigenvalue weighted by atomic mass is 10.0. The van der Waals surface area contributed by atoms with Crippen LogP contribution in [0.2, 0.25) is 0 Å². The molecule has 1 heterocycles. The van der Waals surface area contributed by atoms with Gasteiger partial charge in [0.2, 0.25) is 0 Å². The van der Waals surface area contributed by atoms with Crippen LogP contribution in [0.15, 0.2) is 18.3 Å². The zero-order valence-corrected chi connectivity index (χ0v) is 9.59. The number of aromatic nitrogens is 1. The Morgan fingerprint density at radius 3 is 2.82 bits per heavy atom. The molecule has 0 radical (unpaired) electrons. The first-order valence-corrected chi connectivity index (χ1v) is 5.56. The van der Waals surface area contributed by atoms with Gasteiger partial charge in [0.05, 0.1) is 11.3 Å². The molecule has 0 saturated heterocycles. The molecule has 0 aliphatic heterocycles. The zero-order chi connectivity index (χ0) is 12.5. The first kappa shape index (κ1) is 11.8. The van der Waals surface area contributed by atoms with E-state index in [9.17, 15) is 15.2 Å². The SMILES string of the molecule is C[C@](O)(CNc1ccc([N+](=O)[O-])nc1)C1CC1. The number of nitro groups is 1. The molecule has 2 rings (SSSR count). The third kappa shape index (κ3) is 2.91. The lowest BCUT2D eigenvalue weighted by Gasteiger charge is -2.23. The van der Waals surface area contributed by atoms with Gasteiger partial charge in [-0.25, -0.2) is 0 Å². The Bertz CT molecular complexity index is 412. The summed E-state index contributed by atoms with van der Waals surface area (Å²) < 4.78 is 0. The van der Waals surface area contributed by atoms with E-state index in [1.807, 2.05) is 0 Å². The molecule has 0 amide bonds. The van der Waals surface area contributed by atoms with Gasteiger partial charge in [-0.3, -0.25) is 0 Å². The number of nitrogens with zero attached hydrogens (tertiary/aromatic N) is 2. The summed E-state index contributed by atoms with van der Waals surface area (Å²) in [6.45, 7) is 2.23. The van der Waals surface area contributed by atoms with Gasteiger partial charge in [-0.1, -0.05) is 0 Å². The van der Waals surface area contributed by atoms with Crippen LogP contribution in [0.4, 0.5) is 11.5 Å². The normalized spacial score (nSPS) is 18.5. The highest BCUT2D eigenvalue weighted by molar-refractivity contribution is 5.43. The van der Waals surface area contributed by atoms with Crippen molar-refractivity contribution in [2.24, 2.45) is 5.92 Å². The summed E-state index contributed by atoms with van der Waals surface area (Å²) in [6.07, 6.45) is 3.53. The van der Waals surface area contributed by atoms with Crippen LogP contribution in [0.1, 0.15) is 19.8 Å². The Morgan fingerprint density at radius 1 is 1.65 bits per heavy atom. The monoisotopic (exact) mass is 237 g/mol. The zero-order valence-electron chi connectivity index (χ0n) is 9.59. The topological polar surface area (TPSA) is 88.3 Å². The van der Waals surface area contributed by atoms with Crippen LogP contribution in [-0.2, 0) is 0 Å². The lowest BCUT2D eigenvalue weighted by Crippen LogP contribution is -2.35. The van der Waals surface area contributed by atoms with Crippen LogP contribution >= 0.6 is 0 Å². The molecule has 17 heavy (non-hydrogen) atoms. The van der Waals surface area contributed by atoms with Gasteiger partial charge in [-0.15, -0.1) is 0 Å². The van der Waals surface area contributed by atoms with Crippen molar-refractivity contribution in [2.45, 2.75) is 25.4 Å². The van der Waals surface area contributed by atoms with E-state index >= 15 is 0 Å². The van der Waals surface area contributed by atoms with Crippen LogP contribution in [0.25, 0.3) is 0 Å². The summed E-state index contributed by atoms with van der Waals surface area (Å²) in [5.41, 5.74) is -0.0431. The summed E-state index contributed by atoms with van der Waals surface area (Å²) >= 11 is 0. The second kappa shape index (κ2) is 4.29. The van der Waals surface area contributed by atoms with Crippen LogP contribution < -0.4 is 5.32 Å². The highest BCUT2D eigenvalue weighted by Crippen LogP contribution is 2.39. The van der Waals surface area contributed by atoms with Crippen molar-refractivity contribution in [2.75, 3.05) is 11.9 Å². The minimum atomic E-state index is -0.720. The van der Waals surface area contributed by atoms with Crippen molar-refractivity contribution in [3.8, 4) is 0 Å². The molecule has 2 N–H and O–H groups in total. The predicted molar refractivity (Wildman–Crippen MR) is 62.7 cm³/mol. The largest absolute Gasteiger partial charge is 0.388 e. The molecule has 1 atom stereocenters. The Labute approximate surface area is 98.8 Å². The minimum Gasteiger partial charge on any atom is -0.388 e. The quantitative estimate of drug-likeness (QED) is 0.599. The van der Waals surface area contributed by atoms with Crippen molar-refractivity contribution < 1.29 is 10.0 Å². The molecule has 1 aromatic rings. The summed E-state index contributed by atoms with van der Waals surface area (Å²) in [5, 5.41) is 23.5. The highest BCUT2D eigenvalue weighted by Gasteiger charge is 2.39. The van der Waals surface area contributed by atoms with E-state index in [0.29, 0.717) is 18.2 Å². The summed E-state index contributed by atoms with van der Waals surface area (Å²) in [4.78, 5) is 13.6. The van der Waals surface area contributed by atoms with Gasteiger partial charge >= 0.3 is 5.82 Å². The molecule has 1 aromatic heterocycles. The van der Waals surface area contributed by atoms with E-state index in [2.05, 4.69) is 10.3 Å². The fraction of sp³-hybridized carbons (Fsp3) is 0.545.